The van der Waals surface area contributed by atoms with Crippen molar-refractivity contribution in [2.45, 2.75) is 6.42 Å². The fraction of sp³-hybridized carbons (Fsp3) is 0.0385. The zero-order valence-electron chi connectivity index (χ0n) is 16.0. The number of aromatic nitrogens is 3. The number of hydrogen-bond acceptors (Lipinski definition) is 3. The summed E-state index contributed by atoms with van der Waals surface area (Å²) in [5.74, 6) is 0. The minimum atomic E-state index is 0.998. The lowest BCUT2D eigenvalue weighted by Gasteiger charge is -1.93. The van der Waals surface area contributed by atoms with Crippen molar-refractivity contribution >= 4 is 27.8 Å². The van der Waals surface area contributed by atoms with Crippen molar-refractivity contribution in [3.63, 3.8) is 0 Å². The van der Waals surface area contributed by atoms with Crippen LogP contribution >= 0.6 is 0 Å². The number of nitrogens with zero attached hydrogens (tertiary/aromatic N) is 3. The van der Waals surface area contributed by atoms with Crippen LogP contribution in [-0.4, -0.2) is 15.0 Å². The highest BCUT2D eigenvalue weighted by Crippen LogP contribution is 2.17. The Bertz CT molecular complexity index is 1040. The molecule has 3 nitrogen and oxygen atoms in total. The van der Waals surface area contributed by atoms with Gasteiger partial charge in [-0.3, -0.25) is 4.98 Å². The van der Waals surface area contributed by atoms with Gasteiger partial charge in [0.25, 0.3) is 0 Å². The van der Waals surface area contributed by atoms with Gasteiger partial charge in [-0.25, -0.2) is 9.97 Å². The van der Waals surface area contributed by atoms with Crippen molar-refractivity contribution in [3.8, 4) is 0 Å². The van der Waals surface area contributed by atoms with Crippen molar-refractivity contribution in [2.24, 2.45) is 0 Å². The Morgan fingerprint density at radius 3 is 2.17 bits per heavy atom. The topological polar surface area (TPSA) is 38.7 Å². The molecule has 5 aromatic rings. The summed E-state index contributed by atoms with van der Waals surface area (Å²) in [5, 5.41) is 3.53. The summed E-state index contributed by atoms with van der Waals surface area (Å²) in [6.07, 6.45) is 12.5. The zero-order valence-corrected chi connectivity index (χ0v) is 16.0. The molecule has 0 saturated carbocycles. The normalized spacial score (nSPS) is 11.2. The second kappa shape index (κ2) is 9.38. The van der Waals surface area contributed by atoms with Crippen molar-refractivity contribution in [3.05, 3.63) is 121 Å². The Kier molecular flexibility index (Phi) is 5.99. The Hall–Kier alpha value is -3.85. The summed E-state index contributed by atoms with van der Waals surface area (Å²) in [6.45, 7) is 0. The lowest BCUT2D eigenvalue weighted by atomic mass is 10.1. The number of fused-ring (bicyclic) bond motifs is 3. The molecule has 1 aliphatic rings. The number of rotatable bonds is 0. The van der Waals surface area contributed by atoms with Gasteiger partial charge < -0.3 is 0 Å². The fourth-order valence-corrected chi connectivity index (χ4v) is 3.15. The van der Waals surface area contributed by atoms with Gasteiger partial charge in [0.15, 0.2) is 0 Å². The van der Waals surface area contributed by atoms with E-state index in [0.29, 0.717) is 0 Å². The third-order valence-corrected chi connectivity index (χ3v) is 4.65. The van der Waals surface area contributed by atoms with Crippen LogP contribution in [0.25, 0.3) is 27.8 Å². The molecule has 0 saturated heterocycles. The van der Waals surface area contributed by atoms with E-state index in [9.17, 15) is 0 Å². The highest BCUT2D eigenvalue weighted by molar-refractivity contribution is 5.81. The van der Waals surface area contributed by atoms with Crippen molar-refractivity contribution < 1.29 is 0 Å². The minimum Gasteiger partial charge on any atom is -0.264 e. The number of pyridine rings is 1. The minimum absolute atomic E-state index is 0.998. The second-order valence-corrected chi connectivity index (χ2v) is 6.61. The summed E-state index contributed by atoms with van der Waals surface area (Å²) in [5.41, 5.74) is 3.84. The third kappa shape index (κ3) is 4.90. The van der Waals surface area contributed by atoms with E-state index in [4.69, 9.17) is 0 Å². The van der Waals surface area contributed by atoms with Crippen LogP contribution in [0.3, 0.4) is 0 Å². The van der Waals surface area contributed by atoms with Crippen LogP contribution < -0.4 is 0 Å². The summed E-state index contributed by atoms with van der Waals surface area (Å²) in [6, 6.07) is 26.6. The summed E-state index contributed by atoms with van der Waals surface area (Å²) >= 11 is 0. The molecule has 0 atom stereocenters. The number of para-hydroxylation sites is 1. The van der Waals surface area contributed by atoms with Crippen LogP contribution in [0.4, 0.5) is 0 Å². The predicted molar refractivity (Wildman–Crippen MR) is 120 cm³/mol. The largest absolute Gasteiger partial charge is 0.264 e. The van der Waals surface area contributed by atoms with Gasteiger partial charge in [-0.2, -0.15) is 0 Å². The van der Waals surface area contributed by atoms with E-state index in [2.05, 4.69) is 63.5 Å². The monoisotopic (exact) mass is 375 g/mol. The van der Waals surface area contributed by atoms with E-state index in [-0.39, 0.29) is 0 Å². The predicted octanol–water partition coefficient (Wildman–Crippen LogP) is 6.12. The van der Waals surface area contributed by atoms with Crippen LogP contribution in [0.5, 0.6) is 0 Å². The molecule has 0 fully saturated rings. The molecule has 2 aromatic heterocycles. The molecule has 1 aliphatic carbocycles. The fourth-order valence-electron chi connectivity index (χ4n) is 3.15. The summed E-state index contributed by atoms with van der Waals surface area (Å²) < 4.78 is 0. The Balaban J connectivity index is 0.000000106. The van der Waals surface area contributed by atoms with Gasteiger partial charge in [0.1, 0.15) is 6.33 Å². The zero-order chi connectivity index (χ0) is 19.7. The van der Waals surface area contributed by atoms with Gasteiger partial charge in [-0.15, -0.1) is 0 Å². The van der Waals surface area contributed by atoms with Crippen LogP contribution in [0, 0.1) is 0 Å². The molecule has 6 rings (SSSR count). The molecule has 0 radical (unpaired) electrons. The molecule has 0 N–H and O–H groups in total. The van der Waals surface area contributed by atoms with Gasteiger partial charge >= 0.3 is 0 Å². The lowest BCUT2D eigenvalue weighted by molar-refractivity contribution is 1.22. The van der Waals surface area contributed by atoms with Crippen LogP contribution in [0.1, 0.15) is 11.1 Å². The first-order valence-corrected chi connectivity index (χ1v) is 9.58. The average molecular weight is 375 g/mol. The van der Waals surface area contributed by atoms with Gasteiger partial charge in [0.2, 0.25) is 0 Å². The van der Waals surface area contributed by atoms with Crippen LogP contribution in [-0.2, 0) is 6.42 Å². The smallest absolute Gasteiger partial charge is 0.116 e. The molecule has 0 unspecified atom stereocenters. The Morgan fingerprint density at radius 2 is 1.34 bits per heavy atom. The molecule has 140 valence electrons. The van der Waals surface area contributed by atoms with Gasteiger partial charge in [0.05, 0.1) is 5.52 Å². The van der Waals surface area contributed by atoms with E-state index < -0.39 is 0 Å². The molecule has 29 heavy (non-hydrogen) atoms. The first-order valence-electron chi connectivity index (χ1n) is 9.58. The number of hydrogen-bond donors (Lipinski definition) is 0. The standard InChI is InChI=1S/C9H7N.C9H8.C8H6N2/c1-2-4-9-7-10-6-5-8(9)3-1;1-2-5-9-7-3-6-8(9)4-1;1-2-4-8-7(3-1)5-9-6-10-8/h1-7H;1-6H,7H2;1-6H. The molecule has 0 spiro atoms. The van der Waals surface area contributed by atoms with Gasteiger partial charge in [0, 0.05) is 24.0 Å². The average Bonchev–Trinajstić information content (AvgIpc) is 3.29. The summed E-state index contributed by atoms with van der Waals surface area (Å²) in [4.78, 5) is 12.0. The molecular formula is C26H21N3. The van der Waals surface area contributed by atoms with Crippen LogP contribution in [0.2, 0.25) is 0 Å². The maximum absolute atomic E-state index is 4.07. The van der Waals surface area contributed by atoms with Crippen molar-refractivity contribution in [2.75, 3.05) is 0 Å². The molecule has 0 aliphatic heterocycles. The maximum Gasteiger partial charge on any atom is 0.116 e. The van der Waals surface area contributed by atoms with Crippen LogP contribution in [0.15, 0.2) is 110 Å². The van der Waals surface area contributed by atoms with E-state index in [1.807, 2.05) is 61.1 Å². The molecule has 3 heteroatoms. The lowest BCUT2D eigenvalue weighted by Crippen LogP contribution is -1.77. The number of benzene rings is 3. The SMILES string of the molecule is C1=Cc2ccccc2C1.c1ccc2cnccc2c1.c1ccc2ncncc2c1. The van der Waals surface area contributed by atoms with Crippen molar-refractivity contribution in [1.29, 1.82) is 0 Å². The molecular weight excluding hydrogens is 354 g/mol. The second-order valence-electron chi connectivity index (χ2n) is 6.61. The molecule has 0 amide bonds. The number of allylic oxidation sites excluding steroid dienone is 1. The Morgan fingerprint density at radius 1 is 0.621 bits per heavy atom. The summed E-state index contributed by atoms with van der Waals surface area (Å²) in [7, 11) is 0. The van der Waals surface area contributed by atoms with E-state index >= 15 is 0 Å². The highest BCUT2D eigenvalue weighted by Gasteiger charge is 2.00. The highest BCUT2D eigenvalue weighted by atomic mass is 14.8. The Labute approximate surface area is 170 Å². The third-order valence-electron chi connectivity index (χ3n) is 4.65. The van der Waals surface area contributed by atoms with Gasteiger partial charge in [-0.05, 0) is 40.5 Å². The molecule has 2 heterocycles. The quantitative estimate of drug-likeness (QED) is 0.327. The molecule has 0 bridgehead atoms. The van der Waals surface area contributed by atoms with E-state index in [1.54, 1.807) is 6.33 Å². The first-order chi connectivity index (χ1) is 14.4. The molecule has 3 aromatic carbocycles. The van der Waals surface area contributed by atoms with E-state index in [1.165, 1.54) is 21.9 Å². The first kappa shape index (κ1) is 18.5. The van der Waals surface area contributed by atoms with Gasteiger partial charge in [-0.1, -0.05) is 78.9 Å². The maximum atomic E-state index is 4.07. The van der Waals surface area contributed by atoms with Crippen molar-refractivity contribution in [1.82, 2.24) is 15.0 Å². The van der Waals surface area contributed by atoms with E-state index in [0.717, 1.165) is 17.3 Å².